The van der Waals surface area contributed by atoms with E-state index in [9.17, 15) is 5.26 Å². The lowest BCUT2D eigenvalue weighted by Gasteiger charge is -2.62. The summed E-state index contributed by atoms with van der Waals surface area (Å²) in [5.74, 6) is 0.898. The zero-order valence-electron chi connectivity index (χ0n) is 21.1. The lowest BCUT2D eigenvalue weighted by Crippen LogP contribution is -2.77. The predicted octanol–water partition coefficient (Wildman–Crippen LogP) is 7.78. The van der Waals surface area contributed by atoms with Crippen LogP contribution in [0.3, 0.4) is 0 Å². The Morgan fingerprint density at radius 3 is 1.66 bits per heavy atom. The summed E-state index contributed by atoms with van der Waals surface area (Å²) in [5, 5.41) is 13.9. The number of hydrogen-bond acceptors (Lipinski definition) is 3. The molecule has 38 heavy (non-hydrogen) atoms. The van der Waals surface area contributed by atoms with Crippen molar-refractivity contribution in [2.45, 2.75) is 12.5 Å². The first-order chi connectivity index (χ1) is 18.7. The van der Waals surface area contributed by atoms with Crippen LogP contribution >= 0.6 is 0 Å². The number of hydrazine groups is 1. The number of anilines is 2. The number of nitriles is 1. The number of para-hydroxylation sites is 1. The topological polar surface area (TPSA) is 42.6 Å². The smallest absolute Gasteiger partial charge is 0.171 e. The Hall–Kier alpha value is -5.14. The Bertz CT molecular complexity index is 1560. The first-order valence-electron chi connectivity index (χ1n) is 12.6. The van der Waals surface area contributed by atoms with Crippen molar-refractivity contribution in [3.05, 3.63) is 162 Å². The van der Waals surface area contributed by atoms with E-state index >= 15 is 0 Å². The van der Waals surface area contributed by atoms with Gasteiger partial charge in [-0.05, 0) is 66.6 Å². The van der Waals surface area contributed by atoms with Crippen molar-refractivity contribution in [1.82, 2.24) is 0 Å². The zero-order valence-corrected chi connectivity index (χ0v) is 21.1. The highest BCUT2D eigenvalue weighted by Gasteiger charge is 2.60. The molecule has 5 aromatic rings. The first-order valence-corrected chi connectivity index (χ1v) is 12.6. The lowest BCUT2D eigenvalue weighted by molar-refractivity contribution is 0.535. The average molecular weight is 491 g/mol. The highest BCUT2D eigenvalue weighted by Crippen LogP contribution is 2.52. The number of hydrogen-bond donors (Lipinski definition) is 0. The van der Waals surface area contributed by atoms with Gasteiger partial charge in [-0.1, -0.05) is 96.6 Å². The summed E-state index contributed by atoms with van der Waals surface area (Å²) in [7, 11) is 0. The first kappa shape index (κ1) is 23.3. The van der Waals surface area contributed by atoms with Gasteiger partial charge in [0.1, 0.15) is 0 Å². The second-order valence-corrected chi connectivity index (χ2v) is 9.33. The lowest BCUT2D eigenvalue weighted by atomic mass is 9.76. The summed E-state index contributed by atoms with van der Waals surface area (Å²) in [6.07, 6.45) is 0. The molecule has 1 heterocycles. The van der Waals surface area contributed by atoms with Crippen molar-refractivity contribution < 1.29 is 0 Å². The molecule has 0 atom stereocenters. The summed E-state index contributed by atoms with van der Waals surface area (Å²) < 4.78 is 0. The molecule has 6 rings (SSSR count). The summed E-state index contributed by atoms with van der Waals surface area (Å²) in [5.41, 5.74) is 6.17. The summed E-state index contributed by atoms with van der Waals surface area (Å²) in [6.45, 7) is 2.08. The minimum atomic E-state index is -0.711. The van der Waals surface area contributed by atoms with Gasteiger partial charge in [0.15, 0.2) is 11.4 Å². The second kappa shape index (κ2) is 9.72. The van der Waals surface area contributed by atoms with Crippen molar-refractivity contribution in [3.63, 3.8) is 0 Å². The quantitative estimate of drug-likeness (QED) is 0.253. The second-order valence-electron chi connectivity index (χ2n) is 9.33. The molecular formula is C34H26N4. The molecule has 4 heteroatoms. The molecule has 0 radical (unpaired) electrons. The summed E-state index contributed by atoms with van der Waals surface area (Å²) in [4.78, 5) is 5.33. The molecule has 0 amide bonds. The van der Waals surface area contributed by atoms with Crippen LogP contribution in [0, 0.1) is 18.3 Å². The molecule has 0 N–H and O–H groups in total. The number of benzene rings is 5. The van der Waals surface area contributed by atoms with Gasteiger partial charge in [0.25, 0.3) is 0 Å². The fourth-order valence-corrected chi connectivity index (χ4v) is 5.14. The van der Waals surface area contributed by atoms with Crippen LogP contribution in [-0.4, -0.2) is 5.84 Å². The van der Waals surface area contributed by atoms with Crippen molar-refractivity contribution in [2.75, 3.05) is 10.0 Å². The molecule has 0 spiro atoms. The Morgan fingerprint density at radius 1 is 0.605 bits per heavy atom. The maximum atomic E-state index is 9.46. The number of aryl methyl sites for hydroxylation is 1. The van der Waals surface area contributed by atoms with E-state index in [2.05, 4.69) is 108 Å². The minimum Gasteiger partial charge on any atom is -0.257 e. The Morgan fingerprint density at radius 2 is 1.13 bits per heavy atom. The predicted molar refractivity (Wildman–Crippen MR) is 154 cm³/mol. The molecule has 0 aromatic heterocycles. The van der Waals surface area contributed by atoms with Gasteiger partial charge < -0.3 is 0 Å². The van der Waals surface area contributed by atoms with E-state index in [1.54, 1.807) is 0 Å². The van der Waals surface area contributed by atoms with Crippen LogP contribution in [-0.2, 0) is 5.54 Å². The molecule has 1 fully saturated rings. The SMILES string of the molecule is Cc1ccc(N=C2N(c3ccccc3)N(c3ccc(C#N)cc3)C2(c2ccccc2)c2ccccc2)cc1. The number of amidine groups is 1. The molecule has 0 bridgehead atoms. The molecule has 1 aliphatic heterocycles. The van der Waals surface area contributed by atoms with Crippen molar-refractivity contribution in [3.8, 4) is 6.07 Å². The maximum Gasteiger partial charge on any atom is 0.171 e. The van der Waals surface area contributed by atoms with Crippen molar-refractivity contribution >= 4 is 22.9 Å². The summed E-state index contributed by atoms with van der Waals surface area (Å²) in [6, 6.07) is 49.7. The van der Waals surface area contributed by atoms with Gasteiger partial charge in [-0.3, -0.25) is 5.01 Å². The third kappa shape index (κ3) is 3.82. The average Bonchev–Trinajstić information content (AvgIpc) is 2.98. The third-order valence-corrected chi connectivity index (χ3v) is 6.94. The molecule has 0 unspecified atom stereocenters. The van der Waals surface area contributed by atoms with E-state index in [4.69, 9.17) is 4.99 Å². The van der Waals surface area contributed by atoms with Crippen LogP contribution in [0.2, 0.25) is 0 Å². The Kier molecular flexibility index (Phi) is 5.95. The largest absolute Gasteiger partial charge is 0.257 e. The van der Waals surface area contributed by atoms with Gasteiger partial charge in [-0.15, -0.1) is 0 Å². The van der Waals surface area contributed by atoms with Crippen LogP contribution in [0.25, 0.3) is 0 Å². The van der Waals surface area contributed by atoms with Crippen LogP contribution in [0.15, 0.2) is 145 Å². The Balaban J connectivity index is 1.68. The highest BCUT2D eigenvalue weighted by molar-refractivity contribution is 6.19. The van der Waals surface area contributed by atoms with Crippen LogP contribution in [0.4, 0.5) is 17.1 Å². The molecule has 0 aliphatic carbocycles. The molecule has 1 aliphatic rings. The third-order valence-electron chi connectivity index (χ3n) is 6.94. The Labute approximate surface area is 223 Å². The normalized spacial score (nSPS) is 15.1. The van der Waals surface area contributed by atoms with Gasteiger partial charge in [0.2, 0.25) is 0 Å². The minimum absolute atomic E-state index is 0.624. The van der Waals surface area contributed by atoms with Gasteiger partial charge >= 0.3 is 0 Å². The van der Waals surface area contributed by atoms with E-state index < -0.39 is 5.54 Å². The number of rotatable bonds is 5. The molecule has 182 valence electrons. The van der Waals surface area contributed by atoms with E-state index in [0.29, 0.717) is 5.56 Å². The van der Waals surface area contributed by atoms with E-state index in [0.717, 1.165) is 34.0 Å². The van der Waals surface area contributed by atoms with Gasteiger partial charge in [0, 0.05) is 0 Å². The molecular weight excluding hydrogens is 464 g/mol. The molecule has 4 nitrogen and oxygen atoms in total. The number of nitrogens with zero attached hydrogens (tertiary/aromatic N) is 4. The maximum absolute atomic E-state index is 9.46. The standard InChI is InChI=1S/C34H26N4/c1-26-17-21-30(22-18-26)36-33-34(28-11-5-2-6-12-28,29-13-7-3-8-14-29)38(32-23-19-27(25-35)20-24-32)37(33)31-15-9-4-10-16-31/h2-24H,1H3. The van der Waals surface area contributed by atoms with E-state index in [-0.39, 0.29) is 0 Å². The van der Waals surface area contributed by atoms with Gasteiger partial charge in [-0.2, -0.15) is 5.26 Å². The van der Waals surface area contributed by atoms with Crippen LogP contribution in [0.5, 0.6) is 0 Å². The fraction of sp³-hybridized carbons (Fsp3) is 0.0588. The van der Waals surface area contributed by atoms with Gasteiger partial charge in [0.05, 0.1) is 28.7 Å². The fourth-order valence-electron chi connectivity index (χ4n) is 5.14. The van der Waals surface area contributed by atoms with Gasteiger partial charge in [-0.25, -0.2) is 10.0 Å². The van der Waals surface area contributed by atoms with E-state index in [1.165, 1.54) is 5.56 Å². The number of aliphatic imine (C=N–C) groups is 1. The van der Waals surface area contributed by atoms with Crippen molar-refractivity contribution in [2.24, 2.45) is 4.99 Å². The van der Waals surface area contributed by atoms with E-state index in [1.807, 2.05) is 54.6 Å². The van der Waals surface area contributed by atoms with Crippen molar-refractivity contribution in [1.29, 1.82) is 5.26 Å². The molecule has 0 saturated carbocycles. The molecule has 1 saturated heterocycles. The highest BCUT2D eigenvalue weighted by atomic mass is 15.8. The van der Waals surface area contributed by atoms with Crippen LogP contribution < -0.4 is 10.0 Å². The zero-order chi connectivity index (χ0) is 26.0. The summed E-state index contributed by atoms with van der Waals surface area (Å²) >= 11 is 0. The van der Waals surface area contributed by atoms with Crippen LogP contribution in [0.1, 0.15) is 22.3 Å². The monoisotopic (exact) mass is 490 g/mol. The molecule has 5 aromatic carbocycles.